The Kier molecular flexibility index (Phi) is 12.2. The number of nitrogens with one attached hydrogen (secondary N) is 2. The number of rotatable bonds is 6. The molecule has 1 aromatic rings. The molecule has 0 heterocycles. The third-order valence-electron chi connectivity index (χ3n) is 2.76. The average Bonchev–Trinajstić information content (AvgIpc) is 2.59. The van der Waals surface area contributed by atoms with Crippen LogP contribution in [0.5, 0.6) is 0 Å². The first-order chi connectivity index (χ1) is 12.6. The first-order valence-electron chi connectivity index (χ1n) is 7.55. The van der Waals surface area contributed by atoms with E-state index in [1.54, 1.807) is 31.2 Å². The monoisotopic (exact) mass is 499 g/mol. The van der Waals surface area contributed by atoms with Crippen molar-refractivity contribution in [3.05, 3.63) is 34.9 Å². The van der Waals surface area contributed by atoms with Crippen molar-refractivity contribution >= 4 is 58.6 Å². The Morgan fingerprint density at radius 2 is 1.54 bits per heavy atom. The second kappa shape index (κ2) is 12.9. The van der Waals surface area contributed by atoms with E-state index in [1.165, 1.54) is 0 Å². The van der Waals surface area contributed by atoms with E-state index in [-0.39, 0.29) is 27.9 Å². The Morgan fingerprint density at radius 1 is 1.00 bits per heavy atom. The van der Waals surface area contributed by atoms with Gasteiger partial charge >= 0.3 is 23.2 Å². The number of hydrogen-bond donors (Lipinski definition) is 2. The molecule has 157 valence electrons. The molecule has 0 aliphatic heterocycles. The maximum Gasteiger partial charge on any atom is 2.00 e. The van der Waals surface area contributed by atoms with Crippen LogP contribution in [0, 0.1) is 0 Å². The van der Waals surface area contributed by atoms with Crippen LogP contribution in [-0.2, 0) is 42.3 Å². The van der Waals surface area contributed by atoms with Crippen LogP contribution in [0.1, 0.15) is 19.4 Å². The van der Waals surface area contributed by atoms with Crippen LogP contribution >= 0.6 is 11.6 Å². The number of amidine groups is 2. The van der Waals surface area contributed by atoms with Gasteiger partial charge in [-0.3, -0.25) is 0 Å². The van der Waals surface area contributed by atoms with E-state index in [4.69, 9.17) is 36.9 Å². The standard InChI is InChI=1S/C15H18ClF3N6S2.Cu/c1-3-20-13(26)24-22-9(2)12(10-4-6-11(16)7-5-10)23-25-14(27)21-8-15(17,18)19;/h4-7H,3,8H2,1-2H3,(H2,20,24,26)(H2,21,25,27);/q;+2/p-2. The largest absolute Gasteiger partial charge is 2.00 e. The van der Waals surface area contributed by atoms with Gasteiger partial charge in [0, 0.05) is 17.1 Å². The summed E-state index contributed by atoms with van der Waals surface area (Å²) in [6, 6.07) is 6.57. The third-order valence-corrected chi connectivity index (χ3v) is 3.46. The van der Waals surface area contributed by atoms with Gasteiger partial charge in [-0.2, -0.15) is 28.5 Å². The molecular weight excluding hydrogens is 484 g/mol. The van der Waals surface area contributed by atoms with Gasteiger partial charge in [0.15, 0.2) is 0 Å². The van der Waals surface area contributed by atoms with Crippen molar-refractivity contribution in [3.63, 3.8) is 0 Å². The van der Waals surface area contributed by atoms with E-state index in [0.29, 0.717) is 22.8 Å². The number of nitrogens with zero attached hydrogens (tertiary/aromatic N) is 4. The zero-order chi connectivity index (χ0) is 20.4. The van der Waals surface area contributed by atoms with E-state index in [0.717, 1.165) is 0 Å². The number of alkyl halides is 3. The summed E-state index contributed by atoms with van der Waals surface area (Å²) >= 11 is 15.6. The van der Waals surface area contributed by atoms with Gasteiger partial charge in [0.2, 0.25) is 0 Å². The minimum absolute atomic E-state index is 0. The normalized spacial score (nSPS) is 13.8. The Balaban J connectivity index is 0.00000729. The van der Waals surface area contributed by atoms with Crippen molar-refractivity contribution in [2.24, 2.45) is 20.4 Å². The Hall–Kier alpha value is -1.46. The molecule has 0 spiro atoms. The molecule has 0 saturated heterocycles. The van der Waals surface area contributed by atoms with E-state index >= 15 is 0 Å². The van der Waals surface area contributed by atoms with Crippen molar-refractivity contribution in [1.29, 1.82) is 0 Å². The zero-order valence-corrected chi connectivity index (χ0v) is 18.0. The van der Waals surface area contributed by atoms with Gasteiger partial charge in [-0.15, -0.1) is 5.10 Å². The topological polar surface area (TPSA) is 73.5 Å². The van der Waals surface area contributed by atoms with Crippen LogP contribution in [0.2, 0.25) is 5.02 Å². The molecule has 0 aliphatic rings. The predicted octanol–water partition coefficient (Wildman–Crippen LogP) is 2.98. The minimum atomic E-state index is -4.42. The Morgan fingerprint density at radius 3 is 2.07 bits per heavy atom. The van der Waals surface area contributed by atoms with Crippen molar-refractivity contribution in [2.75, 3.05) is 13.1 Å². The molecule has 6 nitrogen and oxygen atoms in total. The van der Waals surface area contributed by atoms with Gasteiger partial charge in [-0.25, -0.2) is 0 Å². The SMILES string of the molecule is CCNC([S-])=NN=C(C)C(=NN=C([S-])NCC(F)(F)F)c1ccc(Cl)cc1.[Cu+2]. The molecule has 0 atom stereocenters. The van der Waals surface area contributed by atoms with Gasteiger partial charge in [0.25, 0.3) is 0 Å². The molecule has 0 amide bonds. The maximum absolute atomic E-state index is 12.2. The summed E-state index contributed by atoms with van der Waals surface area (Å²) in [6.07, 6.45) is -4.42. The summed E-state index contributed by atoms with van der Waals surface area (Å²) in [5, 5.41) is 20.4. The van der Waals surface area contributed by atoms with Crippen LogP contribution in [0.15, 0.2) is 44.7 Å². The summed E-state index contributed by atoms with van der Waals surface area (Å²) in [5.41, 5.74) is 1.17. The van der Waals surface area contributed by atoms with Crippen molar-refractivity contribution < 1.29 is 30.2 Å². The molecule has 13 heteroatoms. The summed E-state index contributed by atoms with van der Waals surface area (Å²) in [6.45, 7) is 2.74. The van der Waals surface area contributed by atoms with Gasteiger partial charge in [0.1, 0.15) is 12.3 Å². The molecule has 1 rings (SSSR count). The smallest absolute Gasteiger partial charge is 0.741 e. The van der Waals surface area contributed by atoms with Crippen LogP contribution in [0.4, 0.5) is 13.2 Å². The van der Waals surface area contributed by atoms with Gasteiger partial charge in [-0.05, 0) is 36.3 Å². The van der Waals surface area contributed by atoms with E-state index in [9.17, 15) is 13.2 Å². The van der Waals surface area contributed by atoms with Crippen LogP contribution in [0.3, 0.4) is 0 Å². The average molecular weight is 500 g/mol. The molecule has 0 fully saturated rings. The Bertz CT molecular complexity index is 751. The molecule has 1 aromatic carbocycles. The fourth-order valence-corrected chi connectivity index (χ4v) is 2.03. The molecular formula is C15H16ClCuF3N6S2. The molecule has 0 aliphatic carbocycles. The summed E-state index contributed by atoms with van der Waals surface area (Å²) in [4.78, 5) is 0. The van der Waals surface area contributed by atoms with Crippen molar-refractivity contribution in [1.82, 2.24) is 10.6 Å². The summed E-state index contributed by atoms with van der Waals surface area (Å²) in [5.74, 6) is 0. The van der Waals surface area contributed by atoms with Crippen LogP contribution in [0.25, 0.3) is 0 Å². The number of benzene rings is 1. The third kappa shape index (κ3) is 10.8. The fraction of sp³-hybridized carbons (Fsp3) is 0.333. The summed E-state index contributed by atoms with van der Waals surface area (Å²) < 4.78 is 36.7. The molecule has 2 N–H and O–H groups in total. The van der Waals surface area contributed by atoms with Crippen LogP contribution in [-0.4, -0.2) is 41.0 Å². The van der Waals surface area contributed by atoms with Crippen LogP contribution < -0.4 is 10.6 Å². The van der Waals surface area contributed by atoms with E-state index in [1.807, 2.05) is 12.2 Å². The quantitative estimate of drug-likeness (QED) is 0.207. The first-order valence-corrected chi connectivity index (χ1v) is 8.74. The van der Waals surface area contributed by atoms with Gasteiger partial charge in [0.05, 0.1) is 5.71 Å². The molecule has 1 radical (unpaired) electrons. The van der Waals surface area contributed by atoms with Crippen molar-refractivity contribution in [2.45, 2.75) is 20.0 Å². The molecule has 0 bridgehead atoms. The molecule has 28 heavy (non-hydrogen) atoms. The predicted molar refractivity (Wildman–Crippen MR) is 108 cm³/mol. The fourth-order valence-electron chi connectivity index (χ4n) is 1.61. The van der Waals surface area contributed by atoms with Crippen molar-refractivity contribution in [3.8, 4) is 0 Å². The second-order valence-electron chi connectivity index (χ2n) is 4.95. The van der Waals surface area contributed by atoms with E-state index in [2.05, 4.69) is 25.7 Å². The van der Waals surface area contributed by atoms with Gasteiger partial charge in [-0.1, -0.05) is 23.7 Å². The maximum atomic E-state index is 12.2. The zero-order valence-electron chi connectivity index (χ0n) is 14.6. The number of halogens is 4. The molecule has 0 unspecified atom stereocenters. The summed E-state index contributed by atoms with van der Waals surface area (Å²) in [7, 11) is 0. The molecule has 0 aromatic heterocycles. The number of hydrogen-bond acceptors (Lipinski definition) is 6. The minimum Gasteiger partial charge on any atom is -0.741 e. The second-order valence-corrected chi connectivity index (χ2v) is 6.16. The van der Waals surface area contributed by atoms with Gasteiger partial charge < -0.3 is 35.9 Å². The van der Waals surface area contributed by atoms with E-state index < -0.39 is 17.9 Å². The first kappa shape index (κ1) is 26.5. The molecule has 0 saturated carbocycles. The Labute approximate surface area is 187 Å².